The zero-order valence-electron chi connectivity index (χ0n) is 17.1. The van der Waals surface area contributed by atoms with E-state index >= 15 is 0 Å². The van der Waals surface area contributed by atoms with Crippen molar-refractivity contribution >= 4 is 11.0 Å². The van der Waals surface area contributed by atoms with Gasteiger partial charge in [0.2, 0.25) is 0 Å². The molecular formula is C23H24O8. The van der Waals surface area contributed by atoms with Gasteiger partial charge in [-0.25, -0.2) is 4.79 Å². The topological polar surface area (TPSA) is 141 Å². The second-order valence-electron chi connectivity index (χ2n) is 8.18. The number of benzene rings is 1. The fraction of sp³-hybridized carbons (Fsp3) is 0.391. The van der Waals surface area contributed by atoms with Gasteiger partial charge in [0.15, 0.2) is 5.43 Å². The van der Waals surface area contributed by atoms with Crippen molar-refractivity contribution in [3.63, 3.8) is 0 Å². The molecule has 0 fully saturated rings. The van der Waals surface area contributed by atoms with E-state index in [1.165, 1.54) is 18.2 Å². The predicted molar refractivity (Wildman–Crippen MR) is 111 cm³/mol. The molecule has 2 heterocycles. The van der Waals surface area contributed by atoms with Gasteiger partial charge >= 0.3 is 5.63 Å². The Labute approximate surface area is 177 Å². The molecule has 2 unspecified atom stereocenters. The lowest BCUT2D eigenvalue weighted by molar-refractivity contribution is -0.0345. The van der Waals surface area contributed by atoms with Crippen LogP contribution in [0.1, 0.15) is 48.8 Å². The summed E-state index contributed by atoms with van der Waals surface area (Å²) < 4.78 is 11.0. The number of rotatable bonds is 5. The summed E-state index contributed by atoms with van der Waals surface area (Å²) in [6.07, 6.45) is 0.781. The normalized spacial score (nSPS) is 20.7. The molecule has 0 saturated carbocycles. The van der Waals surface area contributed by atoms with E-state index in [1.807, 2.05) is 6.92 Å². The predicted octanol–water partition coefficient (Wildman–Crippen LogP) is 2.24. The van der Waals surface area contributed by atoms with Crippen LogP contribution in [0.25, 0.3) is 11.0 Å². The Balaban J connectivity index is 1.93. The van der Waals surface area contributed by atoms with Gasteiger partial charge in [-0.15, -0.1) is 0 Å². The van der Waals surface area contributed by atoms with Crippen molar-refractivity contribution in [3.05, 3.63) is 67.6 Å². The van der Waals surface area contributed by atoms with Gasteiger partial charge in [-0.05, 0) is 24.5 Å². The fourth-order valence-electron chi connectivity index (χ4n) is 4.44. The average Bonchev–Trinajstić information content (AvgIpc) is 2.63. The minimum Gasteiger partial charge on any atom is -0.508 e. The molecule has 8 heteroatoms. The largest absolute Gasteiger partial charge is 0.508 e. The maximum Gasteiger partial charge on any atom is 0.339 e. The lowest BCUT2D eigenvalue weighted by Crippen LogP contribution is -2.43. The van der Waals surface area contributed by atoms with E-state index in [9.17, 15) is 30.0 Å². The van der Waals surface area contributed by atoms with Crippen molar-refractivity contribution in [2.45, 2.75) is 57.2 Å². The third-order valence-electron chi connectivity index (χ3n) is 5.67. The molecule has 0 radical (unpaired) electrons. The zero-order valence-corrected chi connectivity index (χ0v) is 17.1. The maximum absolute atomic E-state index is 13.6. The first-order chi connectivity index (χ1) is 14.7. The summed E-state index contributed by atoms with van der Waals surface area (Å²) in [7, 11) is 0. The number of hydrogen-bond donors (Lipinski definition) is 4. The van der Waals surface area contributed by atoms with E-state index < -0.39 is 22.8 Å². The highest BCUT2D eigenvalue weighted by molar-refractivity contribution is 5.83. The van der Waals surface area contributed by atoms with E-state index in [4.69, 9.17) is 8.83 Å². The number of hydrogen-bond acceptors (Lipinski definition) is 8. The van der Waals surface area contributed by atoms with Crippen molar-refractivity contribution in [1.82, 2.24) is 0 Å². The Bertz CT molecular complexity index is 1250. The molecule has 0 amide bonds. The van der Waals surface area contributed by atoms with Crippen LogP contribution in [0.2, 0.25) is 0 Å². The smallest absolute Gasteiger partial charge is 0.339 e. The molecule has 1 aliphatic carbocycles. The Morgan fingerprint density at radius 3 is 2.55 bits per heavy atom. The number of fused-ring (bicyclic) bond motifs is 2. The second-order valence-corrected chi connectivity index (χ2v) is 8.18. The van der Waals surface area contributed by atoms with Crippen LogP contribution in [0.5, 0.6) is 11.5 Å². The molecule has 8 nitrogen and oxygen atoms in total. The molecule has 2 aromatic heterocycles. The molecule has 1 aliphatic rings. The molecule has 0 aliphatic heterocycles. The summed E-state index contributed by atoms with van der Waals surface area (Å²) in [4.78, 5) is 25.2. The number of aryl methyl sites for hydroxylation is 1. The lowest BCUT2D eigenvalue weighted by atomic mass is 9.77. The van der Waals surface area contributed by atoms with Crippen molar-refractivity contribution < 1.29 is 29.3 Å². The monoisotopic (exact) mass is 428 g/mol. The Hall–Kier alpha value is -3.10. The van der Waals surface area contributed by atoms with E-state index in [-0.39, 0.29) is 58.8 Å². The highest BCUT2D eigenvalue weighted by Gasteiger charge is 2.43. The molecule has 31 heavy (non-hydrogen) atoms. The van der Waals surface area contributed by atoms with Crippen molar-refractivity contribution in [3.8, 4) is 11.5 Å². The maximum atomic E-state index is 13.6. The molecule has 4 rings (SSSR count). The van der Waals surface area contributed by atoms with Crippen LogP contribution in [0.15, 0.2) is 42.7 Å². The summed E-state index contributed by atoms with van der Waals surface area (Å²) in [6, 6.07) is 4.95. The molecule has 3 aromatic rings. The van der Waals surface area contributed by atoms with Gasteiger partial charge in [0.25, 0.3) is 0 Å². The zero-order chi connectivity index (χ0) is 22.3. The minimum absolute atomic E-state index is 0.000250. The number of aliphatic hydroxyl groups excluding tert-OH is 1. The summed E-state index contributed by atoms with van der Waals surface area (Å²) in [5.41, 5.74) is -2.30. The van der Waals surface area contributed by atoms with E-state index in [0.717, 1.165) is 18.9 Å². The number of aromatic hydroxyl groups is 2. The van der Waals surface area contributed by atoms with Crippen LogP contribution in [0, 0.1) is 0 Å². The summed E-state index contributed by atoms with van der Waals surface area (Å²) >= 11 is 0. The minimum atomic E-state index is -1.87. The first kappa shape index (κ1) is 21.1. The van der Waals surface area contributed by atoms with Gasteiger partial charge in [-0.2, -0.15) is 0 Å². The lowest BCUT2D eigenvalue weighted by Gasteiger charge is -2.35. The first-order valence-electron chi connectivity index (χ1n) is 10.3. The van der Waals surface area contributed by atoms with Crippen molar-refractivity contribution in [2.75, 3.05) is 0 Å². The third kappa shape index (κ3) is 3.96. The van der Waals surface area contributed by atoms with E-state index in [1.54, 1.807) is 0 Å². The van der Waals surface area contributed by atoms with Gasteiger partial charge in [0, 0.05) is 31.4 Å². The Kier molecular flexibility index (Phi) is 5.36. The van der Waals surface area contributed by atoms with Crippen molar-refractivity contribution in [1.29, 1.82) is 0 Å². The summed E-state index contributed by atoms with van der Waals surface area (Å²) in [6.45, 7) is 2.01. The highest BCUT2D eigenvalue weighted by atomic mass is 16.4. The summed E-state index contributed by atoms with van der Waals surface area (Å²) in [5.74, 6) is -0.263. The van der Waals surface area contributed by atoms with Crippen LogP contribution in [0.4, 0.5) is 0 Å². The number of phenols is 1. The van der Waals surface area contributed by atoms with Gasteiger partial charge < -0.3 is 29.3 Å². The van der Waals surface area contributed by atoms with Crippen LogP contribution < -0.4 is 11.1 Å². The number of unbranched alkanes of at least 4 members (excludes halogenated alkanes) is 1. The van der Waals surface area contributed by atoms with Crippen LogP contribution in [-0.2, 0) is 24.9 Å². The molecule has 2 atom stereocenters. The molecule has 4 N–H and O–H groups in total. The van der Waals surface area contributed by atoms with Gasteiger partial charge in [0.1, 0.15) is 34.2 Å². The highest BCUT2D eigenvalue weighted by Crippen LogP contribution is 2.39. The first-order valence-corrected chi connectivity index (χ1v) is 10.3. The molecule has 164 valence electrons. The van der Waals surface area contributed by atoms with Crippen molar-refractivity contribution in [2.24, 2.45) is 0 Å². The summed E-state index contributed by atoms with van der Waals surface area (Å²) in [5, 5.41) is 41.9. The third-order valence-corrected chi connectivity index (χ3v) is 5.67. The van der Waals surface area contributed by atoms with E-state index in [0.29, 0.717) is 12.0 Å². The standard InChI is InChI=1S/C23H24O8/c1-2-3-4-12-5-13(24)7-17-20(12)22(28)21-18(31-17)8-15(26)10-23(21,29)11-16-6-14(25)9-19(27)30-16/h5-7,9,15,24-26,29H,2-4,8,10-11H2,1H3. The van der Waals surface area contributed by atoms with E-state index in [2.05, 4.69) is 0 Å². The fourth-order valence-corrected chi connectivity index (χ4v) is 4.44. The SMILES string of the molecule is CCCCc1cc(O)cc2oc3c(c(=O)c12)C(O)(Cc1cc(O)cc(=O)o1)CC(O)C3. The Morgan fingerprint density at radius 1 is 1.10 bits per heavy atom. The van der Waals surface area contributed by atoms with Crippen LogP contribution >= 0.6 is 0 Å². The quantitative estimate of drug-likeness (QED) is 0.485. The molecule has 0 bridgehead atoms. The average molecular weight is 428 g/mol. The van der Waals surface area contributed by atoms with Gasteiger partial charge in [-0.1, -0.05) is 13.3 Å². The molecular weight excluding hydrogens is 404 g/mol. The Morgan fingerprint density at radius 2 is 1.84 bits per heavy atom. The molecule has 1 aromatic carbocycles. The van der Waals surface area contributed by atoms with Gasteiger partial charge in [0.05, 0.1) is 23.1 Å². The van der Waals surface area contributed by atoms with Gasteiger partial charge in [-0.3, -0.25) is 4.79 Å². The number of aliphatic hydroxyl groups is 2. The van der Waals surface area contributed by atoms with Crippen LogP contribution in [-0.4, -0.2) is 26.5 Å². The number of phenolic OH excluding ortho intramolecular Hbond substituents is 1. The van der Waals surface area contributed by atoms with Crippen LogP contribution in [0.3, 0.4) is 0 Å². The second kappa shape index (κ2) is 7.86. The molecule has 0 saturated heterocycles. The molecule has 0 spiro atoms.